The lowest BCUT2D eigenvalue weighted by Crippen LogP contribution is -2.38. The van der Waals surface area contributed by atoms with Crippen molar-refractivity contribution in [3.8, 4) is 0 Å². The highest BCUT2D eigenvalue weighted by molar-refractivity contribution is 7.89. The summed E-state index contributed by atoms with van der Waals surface area (Å²) in [5, 5.41) is 4.51. The number of hydrogen-bond acceptors (Lipinski definition) is 5. The molecule has 0 aromatic carbocycles. The van der Waals surface area contributed by atoms with Crippen LogP contribution in [0.5, 0.6) is 0 Å². The molecule has 3 aromatic rings. The highest BCUT2D eigenvalue weighted by Gasteiger charge is 2.32. The Bertz CT molecular complexity index is 1080. The fourth-order valence-electron chi connectivity index (χ4n) is 3.85. The zero-order valence-electron chi connectivity index (χ0n) is 15.8. The standard InChI is InChI=1S/C18H24N6O2S/c1-4-14-9-17-20-12-21-24(17)11-16(14)15-5-7-23(8-6-15)27(25,26)18-10-19-13(2)22(18)3/h9-12,15H,4-8H2,1-3H3. The van der Waals surface area contributed by atoms with Crippen molar-refractivity contribution in [2.75, 3.05) is 13.1 Å². The largest absolute Gasteiger partial charge is 0.321 e. The molecule has 0 atom stereocenters. The molecule has 8 nitrogen and oxygen atoms in total. The number of piperidine rings is 1. The van der Waals surface area contributed by atoms with E-state index in [0.29, 0.717) is 24.8 Å². The van der Waals surface area contributed by atoms with Crippen LogP contribution in [-0.4, -0.2) is 50.0 Å². The van der Waals surface area contributed by atoms with Gasteiger partial charge in [0.15, 0.2) is 10.7 Å². The molecule has 1 fully saturated rings. The van der Waals surface area contributed by atoms with Gasteiger partial charge in [-0.05, 0) is 49.3 Å². The summed E-state index contributed by atoms with van der Waals surface area (Å²) in [5.41, 5.74) is 3.37. The highest BCUT2D eigenvalue weighted by atomic mass is 32.2. The first-order valence-electron chi connectivity index (χ1n) is 9.22. The maximum atomic E-state index is 13.0. The Hall–Kier alpha value is -2.26. The van der Waals surface area contributed by atoms with E-state index in [4.69, 9.17) is 0 Å². The third kappa shape index (κ3) is 3.04. The quantitative estimate of drug-likeness (QED) is 0.681. The third-order valence-electron chi connectivity index (χ3n) is 5.59. The van der Waals surface area contributed by atoms with E-state index in [1.54, 1.807) is 33.7 Å². The van der Waals surface area contributed by atoms with Crippen molar-refractivity contribution in [2.24, 2.45) is 7.05 Å². The van der Waals surface area contributed by atoms with Crippen molar-refractivity contribution in [1.82, 2.24) is 28.5 Å². The monoisotopic (exact) mass is 388 g/mol. The van der Waals surface area contributed by atoms with Crippen molar-refractivity contribution < 1.29 is 8.42 Å². The van der Waals surface area contributed by atoms with E-state index >= 15 is 0 Å². The van der Waals surface area contributed by atoms with Gasteiger partial charge in [-0.25, -0.2) is 22.9 Å². The SMILES string of the molecule is CCc1cc2ncnn2cc1C1CCN(S(=O)(=O)c2cnc(C)n2C)CC1. The van der Waals surface area contributed by atoms with Gasteiger partial charge in [0.25, 0.3) is 10.0 Å². The van der Waals surface area contributed by atoms with E-state index in [-0.39, 0.29) is 5.03 Å². The normalized spacial score (nSPS) is 17.0. The number of pyridine rings is 1. The first-order chi connectivity index (χ1) is 12.9. The maximum Gasteiger partial charge on any atom is 0.260 e. The Balaban J connectivity index is 1.56. The van der Waals surface area contributed by atoms with Crippen LogP contribution in [0.15, 0.2) is 29.8 Å². The molecule has 1 aliphatic rings. The van der Waals surface area contributed by atoms with Crippen LogP contribution in [0.1, 0.15) is 42.6 Å². The van der Waals surface area contributed by atoms with Gasteiger partial charge in [-0.1, -0.05) is 6.92 Å². The van der Waals surface area contributed by atoms with Crippen LogP contribution < -0.4 is 0 Å². The van der Waals surface area contributed by atoms with Gasteiger partial charge >= 0.3 is 0 Å². The molecular weight excluding hydrogens is 364 g/mol. The molecule has 0 amide bonds. The Kier molecular flexibility index (Phi) is 4.51. The maximum absolute atomic E-state index is 13.0. The molecule has 3 aromatic heterocycles. The molecule has 27 heavy (non-hydrogen) atoms. The zero-order valence-corrected chi connectivity index (χ0v) is 16.6. The number of sulfonamides is 1. The molecule has 9 heteroatoms. The van der Waals surface area contributed by atoms with Gasteiger partial charge in [0.1, 0.15) is 12.2 Å². The summed E-state index contributed by atoms with van der Waals surface area (Å²) in [7, 11) is -1.77. The third-order valence-corrected chi connectivity index (χ3v) is 7.55. The first-order valence-corrected chi connectivity index (χ1v) is 10.7. The average Bonchev–Trinajstić information content (AvgIpc) is 3.27. The Morgan fingerprint density at radius 2 is 1.96 bits per heavy atom. The number of imidazole rings is 1. The molecule has 0 spiro atoms. The van der Waals surface area contributed by atoms with E-state index < -0.39 is 10.0 Å². The fraction of sp³-hybridized carbons (Fsp3) is 0.500. The molecule has 1 aliphatic heterocycles. The number of fused-ring (bicyclic) bond motifs is 1. The molecule has 0 aliphatic carbocycles. The van der Waals surface area contributed by atoms with Crippen LogP contribution >= 0.6 is 0 Å². The van der Waals surface area contributed by atoms with Gasteiger partial charge < -0.3 is 4.57 Å². The topological polar surface area (TPSA) is 85.4 Å². The van der Waals surface area contributed by atoms with Crippen LogP contribution in [0.2, 0.25) is 0 Å². The lowest BCUT2D eigenvalue weighted by atomic mass is 9.87. The zero-order chi connectivity index (χ0) is 19.2. The van der Waals surface area contributed by atoms with Crippen molar-refractivity contribution in [2.45, 2.75) is 44.1 Å². The molecule has 1 saturated heterocycles. The van der Waals surface area contributed by atoms with E-state index in [1.165, 1.54) is 17.3 Å². The van der Waals surface area contributed by atoms with Crippen LogP contribution in [0.3, 0.4) is 0 Å². The molecule has 0 N–H and O–H groups in total. The number of nitrogens with zero attached hydrogens (tertiary/aromatic N) is 6. The van der Waals surface area contributed by atoms with Crippen molar-refractivity contribution in [1.29, 1.82) is 0 Å². The molecule has 144 valence electrons. The number of hydrogen-bond donors (Lipinski definition) is 0. The van der Waals surface area contributed by atoms with Gasteiger partial charge in [0.2, 0.25) is 0 Å². The fourth-order valence-corrected chi connectivity index (χ4v) is 5.47. The molecule has 4 heterocycles. The van der Waals surface area contributed by atoms with E-state index in [9.17, 15) is 8.42 Å². The summed E-state index contributed by atoms with van der Waals surface area (Å²) in [6, 6.07) is 2.09. The number of rotatable bonds is 4. The van der Waals surface area contributed by atoms with Crippen LogP contribution in [-0.2, 0) is 23.5 Å². The highest BCUT2D eigenvalue weighted by Crippen LogP contribution is 2.33. The molecule has 0 saturated carbocycles. The summed E-state index contributed by atoms with van der Waals surface area (Å²) in [5.74, 6) is 1.02. The molecule has 0 radical (unpaired) electrons. The summed E-state index contributed by atoms with van der Waals surface area (Å²) in [6.45, 7) is 4.96. The molecule has 0 unspecified atom stereocenters. The predicted molar refractivity (Wildman–Crippen MR) is 101 cm³/mol. The van der Waals surface area contributed by atoms with Crippen LogP contribution in [0, 0.1) is 6.92 Å². The lowest BCUT2D eigenvalue weighted by Gasteiger charge is -2.32. The minimum atomic E-state index is -3.51. The molecule has 4 rings (SSSR count). The second-order valence-electron chi connectivity index (χ2n) is 7.05. The summed E-state index contributed by atoms with van der Waals surface area (Å²) in [6.07, 6.45) is 7.58. The minimum Gasteiger partial charge on any atom is -0.321 e. The van der Waals surface area contributed by atoms with Gasteiger partial charge in [-0.2, -0.15) is 9.40 Å². The van der Waals surface area contributed by atoms with E-state index in [2.05, 4.69) is 34.3 Å². The van der Waals surface area contributed by atoms with Crippen molar-refractivity contribution in [3.63, 3.8) is 0 Å². The Morgan fingerprint density at radius 3 is 2.59 bits per heavy atom. The first kappa shape index (κ1) is 18.1. The van der Waals surface area contributed by atoms with Crippen molar-refractivity contribution >= 4 is 15.7 Å². The number of aromatic nitrogens is 5. The van der Waals surface area contributed by atoms with E-state index in [0.717, 1.165) is 24.9 Å². The van der Waals surface area contributed by atoms with Gasteiger partial charge in [0, 0.05) is 26.3 Å². The Morgan fingerprint density at radius 1 is 1.22 bits per heavy atom. The van der Waals surface area contributed by atoms with Crippen LogP contribution in [0.4, 0.5) is 0 Å². The summed E-state index contributed by atoms with van der Waals surface area (Å²) in [4.78, 5) is 8.39. The van der Waals surface area contributed by atoms with Gasteiger partial charge in [-0.15, -0.1) is 0 Å². The summed E-state index contributed by atoms with van der Waals surface area (Å²) < 4.78 is 31.0. The smallest absolute Gasteiger partial charge is 0.260 e. The molecular formula is C18H24N6O2S. The number of aryl methyl sites for hydroxylation is 2. The lowest BCUT2D eigenvalue weighted by molar-refractivity contribution is 0.316. The second-order valence-corrected chi connectivity index (χ2v) is 8.94. The van der Waals surface area contributed by atoms with Crippen LogP contribution in [0.25, 0.3) is 5.65 Å². The minimum absolute atomic E-state index is 0.261. The van der Waals surface area contributed by atoms with Gasteiger partial charge in [-0.3, -0.25) is 0 Å². The predicted octanol–water partition coefficient (Wildman–Crippen LogP) is 1.90. The summed E-state index contributed by atoms with van der Waals surface area (Å²) >= 11 is 0. The average molecular weight is 388 g/mol. The molecule has 0 bridgehead atoms. The van der Waals surface area contributed by atoms with E-state index in [1.807, 2.05) is 0 Å². The Labute approximate surface area is 158 Å². The van der Waals surface area contributed by atoms with Gasteiger partial charge in [0.05, 0.1) is 6.20 Å². The second kappa shape index (κ2) is 6.72. The van der Waals surface area contributed by atoms with Crippen molar-refractivity contribution in [3.05, 3.63) is 41.7 Å².